The molecular formula is C27H40N2O10. The minimum absolute atomic E-state index is 0.113. The van der Waals surface area contributed by atoms with Gasteiger partial charge in [0.05, 0.1) is 7.11 Å². The lowest BCUT2D eigenvalue weighted by molar-refractivity contribution is -0.159. The Balaban J connectivity index is 2.96. The molecule has 0 aliphatic heterocycles. The van der Waals surface area contributed by atoms with Crippen LogP contribution in [0, 0.1) is 16.2 Å². The molecule has 0 aromatic heterocycles. The highest BCUT2D eigenvalue weighted by atomic mass is 16.6. The summed E-state index contributed by atoms with van der Waals surface area (Å²) in [5.41, 5.74) is -1.92. The summed E-state index contributed by atoms with van der Waals surface area (Å²) in [5, 5.41) is 5.59. The van der Waals surface area contributed by atoms with Gasteiger partial charge >= 0.3 is 30.1 Å². The van der Waals surface area contributed by atoms with Crippen LogP contribution in [0.4, 0.5) is 9.59 Å². The summed E-state index contributed by atoms with van der Waals surface area (Å²) in [6.45, 7) is 14.7. The Labute approximate surface area is 229 Å². The molecule has 218 valence electrons. The zero-order valence-electron chi connectivity index (χ0n) is 23.2. The van der Waals surface area contributed by atoms with E-state index in [0.29, 0.717) is 6.42 Å². The Morgan fingerprint density at radius 1 is 0.795 bits per heavy atom. The van der Waals surface area contributed by atoms with Crippen LogP contribution in [0.2, 0.25) is 0 Å². The van der Waals surface area contributed by atoms with E-state index in [1.807, 2.05) is 6.92 Å². The van der Waals surface area contributed by atoms with Crippen LogP contribution in [0.3, 0.4) is 0 Å². The third kappa shape index (κ3) is 12.1. The lowest BCUT2D eigenvalue weighted by Crippen LogP contribution is -2.50. The predicted octanol–water partition coefficient (Wildman–Crippen LogP) is 2.83. The molecule has 39 heavy (non-hydrogen) atoms. The van der Waals surface area contributed by atoms with E-state index in [0.717, 1.165) is 31.1 Å². The monoisotopic (exact) mass is 552 g/mol. The van der Waals surface area contributed by atoms with Crippen molar-refractivity contribution in [3.8, 4) is 0 Å². The van der Waals surface area contributed by atoms with Crippen molar-refractivity contribution < 1.29 is 47.7 Å². The Kier molecular flexibility index (Phi) is 12.7. The largest absolute Gasteiger partial charge is 0.462 e. The average Bonchev–Trinajstić information content (AvgIpc) is 2.89. The Hall–Kier alpha value is -3.83. The zero-order valence-corrected chi connectivity index (χ0v) is 23.2. The summed E-state index contributed by atoms with van der Waals surface area (Å²) < 4.78 is 25.5. The molecule has 1 fully saturated rings. The van der Waals surface area contributed by atoms with Crippen LogP contribution in [0.15, 0.2) is 38.0 Å². The van der Waals surface area contributed by atoms with E-state index in [1.165, 1.54) is 7.11 Å². The molecule has 1 aliphatic rings. The standard InChI is InChI=1S/C27H40N2O10/c1-8-20(30)36-15-27(16-37-21(31)9-2,17-38-22(32)10-3)18-39-23(33)28-14-26(6)12-19(29-24(34)35-7)11-25(4,5)13-26/h8-10,19H,1-3,11-18H2,4-7H3,(H,28,33)(H,29,34). The fourth-order valence-corrected chi connectivity index (χ4v) is 4.75. The third-order valence-electron chi connectivity index (χ3n) is 6.18. The first kappa shape index (κ1) is 33.2. The van der Waals surface area contributed by atoms with Gasteiger partial charge in [0.2, 0.25) is 0 Å². The zero-order chi connectivity index (χ0) is 29.7. The van der Waals surface area contributed by atoms with Crippen molar-refractivity contribution in [3.05, 3.63) is 38.0 Å². The summed E-state index contributed by atoms with van der Waals surface area (Å²) in [6, 6.07) is -0.143. The molecule has 0 saturated heterocycles. The Bertz CT molecular complexity index is 885. The first-order valence-electron chi connectivity index (χ1n) is 12.3. The number of carbonyl (C=O) groups is 5. The quantitative estimate of drug-likeness (QED) is 0.187. The molecule has 2 N–H and O–H groups in total. The minimum Gasteiger partial charge on any atom is -0.462 e. The van der Waals surface area contributed by atoms with Gasteiger partial charge in [-0.1, -0.05) is 40.5 Å². The number of ether oxygens (including phenoxy) is 5. The number of rotatable bonds is 14. The second kappa shape index (κ2) is 14.9. The van der Waals surface area contributed by atoms with Gasteiger partial charge in [-0.25, -0.2) is 24.0 Å². The molecule has 12 heteroatoms. The molecule has 0 radical (unpaired) electrons. The van der Waals surface area contributed by atoms with E-state index >= 15 is 0 Å². The van der Waals surface area contributed by atoms with Crippen molar-refractivity contribution in [2.75, 3.05) is 40.1 Å². The average molecular weight is 553 g/mol. The number of hydrogen-bond donors (Lipinski definition) is 2. The van der Waals surface area contributed by atoms with E-state index in [1.54, 1.807) is 0 Å². The highest BCUT2D eigenvalue weighted by molar-refractivity contribution is 5.82. The minimum atomic E-state index is -1.43. The summed E-state index contributed by atoms with van der Waals surface area (Å²) >= 11 is 0. The number of amides is 2. The van der Waals surface area contributed by atoms with Gasteiger partial charge in [0.15, 0.2) is 0 Å². The Morgan fingerprint density at radius 2 is 1.26 bits per heavy atom. The molecule has 2 atom stereocenters. The van der Waals surface area contributed by atoms with Crippen molar-refractivity contribution in [3.63, 3.8) is 0 Å². The van der Waals surface area contributed by atoms with Crippen LogP contribution in [0.5, 0.6) is 0 Å². The van der Waals surface area contributed by atoms with E-state index in [4.69, 9.17) is 23.7 Å². The lowest BCUT2D eigenvalue weighted by Gasteiger charge is -2.46. The van der Waals surface area contributed by atoms with Crippen LogP contribution >= 0.6 is 0 Å². The number of hydrogen-bond acceptors (Lipinski definition) is 10. The van der Waals surface area contributed by atoms with Crippen LogP contribution < -0.4 is 10.6 Å². The van der Waals surface area contributed by atoms with E-state index in [2.05, 4.69) is 44.2 Å². The van der Waals surface area contributed by atoms with Crippen LogP contribution in [0.25, 0.3) is 0 Å². The maximum atomic E-state index is 12.7. The van der Waals surface area contributed by atoms with Crippen molar-refractivity contribution in [2.24, 2.45) is 16.2 Å². The van der Waals surface area contributed by atoms with Crippen LogP contribution in [-0.4, -0.2) is 76.2 Å². The maximum Gasteiger partial charge on any atom is 0.407 e. The van der Waals surface area contributed by atoms with Crippen molar-refractivity contribution in [1.29, 1.82) is 0 Å². The molecule has 0 heterocycles. The number of carbonyl (C=O) groups excluding carboxylic acids is 5. The summed E-state index contributed by atoms with van der Waals surface area (Å²) in [4.78, 5) is 59.7. The Morgan fingerprint density at radius 3 is 1.69 bits per heavy atom. The molecule has 1 rings (SSSR count). The van der Waals surface area contributed by atoms with Gasteiger partial charge < -0.3 is 34.3 Å². The summed E-state index contributed by atoms with van der Waals surface area (Å²) in [7, 11) is 1.30. The van der Waals surface area contributed by atoms with E-state index < -0.39 is 61.9 Å². The molecular weight excluding hydrogens is 512 g/mol. The smallest absolute Gasteiger partial charge is 0.407 e. The predicted molar refractivity (Wildman–Crippen MR) is 140 cm³/mol. The van der Waals surface area contributed by atoms with Crippen molar-refractivity contribution >= 4 is 30.1 Å². The molecule has 1 saturated carbocycles. The lowest BCUT2D eigenvalue weighted by atomic mass is 9.62. The molecule has 1 aliphatic carbocycles. The first-order valence-corrected chi connectivity index (χ1v) is 12.3. The highest BCUT2D eigenvalue weighted by Crippen LogP contribution is 2.45. The van der Waals surface area contributed by atoms with Crippen molar-refractivity contribution in [1.82, 2.24) is 10.6 Å². The van der Waals surface area contributed by atoms with Gasteiger partial charge in [-0.15, -0.1) is 0 Å². The number of methoxy groups -OCH3 is 1. The highest BCUT2D eigenvalue weighted by Gasteiger charge is 2.42. The second-order valence-electron chi connectivity index (χ2n) is 10.8. The van der Waals surface area contributed by atoms with Gasteiger partial charge in [-0.2, -0.15) is 0 Å². The van der Waals surface area contributed by atoms with Gasteiger partial charge in [-0.3, -0.25) is 0 Å². The molecule has 2 unspecified atom stereocenters. The summed E-state index contributed by atoms with van der Waals surface area (Å²) in [6.07, 6.45) is 3.60. The SMILES string of the molecule is C=CC(=O)OCC(COC(=O)C=C)(COC(=O)C=C)COC(=O)NCC1(C)CC(NC(=O)OC)CC(C)(C)C1. The fraction of sp³-hybridized carbons (Fsp3) is 0.593. The van der Waals surface area contributed by atoms with E-state index in [-0.39, 0.29) is 23.4 Å². The molecule has 0 bridgehead atoms. The summed E-state index contributed by atoms with van der Waals surface area (Å²) in [5.74, 6) is -2.34. The number of nitrogens with one attached hydrogen (secondary N) is 2. The van der Waals surface area contributed by atoms with Gasteiger partial charge in [0.1, 0.15) is 31.8 Å². The topological polar surface area (TPSA) is 156 Å². The number of alkyl carbamates (subject to hydrolysis) is 2. The number of esters is 3. The maximum absolute atomic E-state index is 12.7. The van der Waals surface area contributed by atoms with Gasteiger partial charge in [0, 0.05) is 30.8 Å². The van der Waals surface area contributed by atoms with Crippen LogP contribution in [-0.2, 0) is 38.1 Å². The first-order chi connectivity index (χ1) is 18.2. The third-order valence-corrected chi connectivity index (χ3v) is 6.18. The van der Waals surface area contributed by atoms with Crippen LogP contribution in [0.1, 0.15) is 40.0 Å². The van der Waals surface area contributed by atoms with Gasteiger partial charge in [-0.05, 0) is 30.1 Å². The second-order valence-corrected chi connectivity index (χ2v) is 10.8. The molecule has 0 spiro atoms. The van der Waals surface area contributed by atoms with Gasteiger partial charge in [0.25, 0.3) is 0 Å². The fourth-order valence-electron chi connectivity index (χ4n) is 4.75. The molecule has 0 aromatic carbocycles. The molecule has 2 amide bonds. The molecule has 12 nitrogen and oxygen atoms in total. The van der Waals surface area contributed by atoms with Crippen molar-refractivity contribution in [2.45, 2.75) is 46.1 Å². The molecule has 0 aromatic rings. The normalized spacial score (nSPS) is 19.8. The van der Waals surface area contributed by atoms with E-state index in [9.17, 15) is 24.0 Å².